The molecule has 1 amide bonds. The van der Waals surface area contributed by atoms with E-state index in [0.717, 1.165) is 36.6 Å². The minimum Gasteiger partial charge on any atom is -0.338 e. The Bertz CT molecular complexity index is 762. The molecule has 7 nitrogen and oxygen atoms in total. The van der Waals surface area contributed by atoms with Crippen molar-refractivity contribution in [1.82, 2.24) is 24.6 Å². The third-order valence-electron chi connectivity index (χ3n) is 4.60. The fourth-order valence-corrected chi connectivity index (χ4v) is 3.27. The molecule has 0 aliphatic carbocycles. The van der Waals surface area contributed by atoms with E-state index in [0.29, 0.717) is 24.0 Å². The van der Waals surface area contributed by atoms with Crippen molar-refractivity contribution in [2.24, 2.45) is 11.7 Å². The van der Waals surface area contributed by atoms with Crippen LogP contribution < -0.4 is 5.73 Å². The molecule has 1 aliphatic rings. The van der Waals surface area contributed by atoms with Crippen molar-refractivity contribution in [3.63, 3.8) is 0 Å². The highest BCUT2D eigenvalue weighted by Crippen LogP contribution is 2.24. The molecule has 0 aromatic carbocycles. The third kappa shape index (κ3) is 3.56. The summed E-state index contributed by atoms with van der Waals surface area (Å²) in [5.74, 6) is 1.05. The first kappa shape index (κ1) is 17.5. The van der Waals surface area contributed by atoms with Crippen LogP contribution in [-0.4, -0.2) is 50.2 Å². The molecule has 1 aliphatic heterocycles. The van der Waals surface area contributed by atoms with Gasteiger partial charge in [0.1, 0.15) is 0 Å². The Morgan fingerprint density at radius 3 is 2.56 bits per heavy atom. The van der Waals surface area contributed by atoms with Crippen molar-refractivity contribution in [2.45, 2.75) is 40.0 Å². The van der Waals surface area contributed by atoms with Gasteiger partial charge in [-0.3, -0.25) is 4.79 Å². The van der Waals surface area contributed by atoms with Gasteiger partial charge in [-0.05, 0) is 44.7 Å². The zero-order valence-electron chi connectivity index (χ0n) is 15.4. The van der Waals surface area contributed by atoms with Crippen LogP contribution in [0.1, 0.15) is 53.6 Å². The van der Waals surface area contributed by atoms with Crippen molar-refractivity contribution in [3.8, 4) is 5.95 Å². The van der Waals surface area contributed by atoms with Crippen LogP contribution in [-0.2, 0) is 0 Å². The first-order valence-corrected chi connectivity index (χ1v) is 8.80. The Kier molecular flexibility index (Phi) is 4.85. The molecule has 134 valence electrons. The lowest BCUT2D eigenvalue weighted by Crippen LogP contribution is -2.30. The summed E-state index contributed by atoms with van der Waals surface area (Å²) in [5.41, 5.74) is 8.92. The predicted octanol–water partition coefficient (Wildman–Crippen LogP) is 1.82. The van der Waals surface area contributed by atoms with E-state index in [-0.39, 0.29) is 11.8 Å². The zero-order valence-corrected chi connectivity index (χ0v) is 15.4. The molecular weight excluding hydrogens is 316 g/mol. The molecule has 0 spiro atoms. The maximum Gasteiger partial charge on any atom is 0.257 e. The van der Waals surface area contributed by atoms with Gasteiger partial charge in [0.2, 0.25) is 0 Å². The molecule has 0 bridgehead atoms. The van der Waals surface area contributed by atoms with Crippen LogP contribution in [0, 0.1) is 19.8 Å². The van der Waals surface area contributed by atoms with Gasteiger partial charge < -0.3 is 10.6 Å². The normalized spacial score (nSPS) is 17.5. The highest BCUT2D eigenvalue weighted by molar-refractivity contribution is 5.95. The summed E-state index contributed by atoms with van der Waals surface area (Å²) in [6, 6.07) is 1.92. The first-order chi connectivity index (χ1) is 11.9. The molecule has 2 aromatic rings. The van der Waals surface area contributed by atoms with Crippen molar-refractivity contribution < 1.29 is 4.79 Å². The standard InChI is InChI=1S/C18H26N6O/c1-11(2)16-15(17(25)23-6-5-14(8-19)9-23)10-24(22-16)18-20-12(3)7-13(4)21-18/h7,10-11,14H,5-6,8-9,19H2,1-4H3/t14-/m0/s1. The van der Waals surface area contributed by atoms with Gasteiger partial charge in [0, 0.05) is 30.7 Å². The van der Waals surface area contributed by atoms with Gasteiger partial charge in [0.05, 0.1) is 11.3 Å². The maximum atomic E-state index is 13.0. The number of carbonyl (C=O) groups is 1. The summed E-state index contributed by atoms with van der Waals surface area (Å²) in [4.78, 5) is 23.8. The SMILES string of the molecule is Cc1cc(C)nc(-n2cc(C(=O)N3CC[C@@H](CN)C3)c(C(C)C)n2)n1. The first-order valence-electron chi connectivity index (χ1n) is 8.80. The quantitative estimate of drug-likeness (QED) is 0.915. The fourth-order valence-electron chi connectivity index (χ4n) is 3.27. The molecule has 2 N–H and O–H groups in total. The Morgan fingerprint density at radius 1 is 1.32 bits per heavy atom. The minimum atomic E-state index is 0.0234. The van der Waals surface area contributed by atoms with E-state index in [4.69, 9.17) is 5.73 Å². The van der Waals surface area contributed by atoms with Crippen LogP contribution in [0.25, 0.3) is 5.95 Å². The summed E-state index contributed by atoms with van der Waals surface area (Å²) >= 11 is 0. The second-order valence-corrected chi connectivity index (χ2v) is 7.12. The number of aryl methyl sites for hydroxylation is 2. The lowest BCUT2D eigenvalue weighted by atomic mass is 10.1. The lowest BCUT2D eigenvalue weighted by molar-refractivity contribution is 0.0786. The van der Waals surface area contributed by atoms with Crippen LogP contribution in [0.5, 0.6) is 0 Å². The molecule has 1 saturated heterocycles. The van der Waals surface area contributed by atoms with Crippen molar-refractivity contribution in [1.29, 1.82) is 0 Å². The van der Waals surface area contributed by atoms with Crippen LogP contribution in [0.4, 0.5) is 0 Å². The fraction of sp³-hybridized carbons (Fsp3) is 0.556. The number of nitrogens with two attached hydrogens (primary N) is 1. The second-order valence-electron chi connectivity index (χ2n) is 7.12. The number of rotatable bonds is 4. The highest BCUT2D eigenvalue weighted by Gasteiger charge is 2.29. The smallest absolute Gasteiger partial charge is 0.257 e. The van der Waals surface area contributed by atoms with E-state index < -0.39 is 0 Å². The van der Waals surface area contributed by atoms with Gasteiger partial charge in [-0.2, -0.15) is 5.10 Å². The van der Waals surface area contributed by atoms with Gasteiger partial charge in [0.25, 0.3) is 11.9 Å². The summed E-state index contributed by atoms with van der Waals surface area (Å²) in [7, 11) is 0. The Balaban J connectivity index is 1.96. The van der Waals surface area contributed by atoms with Gasteiger partial charge in [-0.15, -0.1) is 0 Å². The summed E-state index contributed by atoms with van der Waals surface area (Å²) in [6.07, 6.45) is 2.73. The second kappa shape index (κ2) is 6.92. The van der Waals surface area contributed by atoms with Crippen LogP contribution in [0.2, 0.25) is 0 Å². The number of hydrogen-bond acceptors (Lipinski definition) is 5. The van der Waals surface area contributed by atoms with E-state index in [2.05, 4.69) is 15.1 Å². The monoisotopic (exact) mass is 342 g/mol. The van der Waals surface area contributed by atoms with Crippen molar-refractivity contribution in [3.05, 3.63) is 34.9 Å². The van der Waals surface area contributed by atoms with Crippen LogP contribution in [0.3, 0.4) is 0 Å². The molecule has 0 radical (unpaired) electrons. The predicted molar refractivity (Wildman–Crippen MR) is 95.8 cm³/mol. The minimum absolute atomic E-state index is 0.0234. The number of nitrogens with zero attached hydrogens (tertiary/aromatic N) is 5. The van der Waals surface area contributed by atoms with Crippen LogP contribution >= 0.6 is 0 Å². The van der Waals surface area contributed by atoms with Crippen LogP contribution in [0.15, 0.2) is 12.3 Å². The topological polar surface area (TPSA) is 89.9 Å². The number of carbonyl (C=O) groups excluding carboxylic acids is 1. The Hall–Kier alpha value is -2.28. The van der Waals surface area contributed by atoms with E-state index in [9.17, 15) is 4.79 Å². The van der Waals surface area contributed by atoms with E-state index in [1.54, 1.807) is 10.9 Å². The number of aromatic nitrogens is 4. The Labute approximate surface area is 148 Å². The molecule has 3 rings (SSSR count). The molecule has 7 heteroatoms. The average Bonchev–Trinajstić information content (AvgIpc) is 3.20. The Morgan fingerprint density at radius 2 is 2.00 bits per heavy atom. The zero-order chi connectivity index (χ0) is 18.1. The molecule has 25 heavy (non-hydrogen) atoms. The summed E-state index contributed by atoms with van der Waals surface area (Å²) in [5, 5.41) is 4.61. The number of amides is 1. The van der Waals surface area contributed by atoms with Crippen molar-refractivity contribution >= 4 is 5.91 Å². The lowest BCUT2D eigenvalue weighted by Gasteiger charge is -2.16. The third-order valence-corrected chi connectivity index (χ3v) is 4.60. The molecule has 3 heterocycles. The summed E-state index contributed by atoms with van der Waals surface area (Å²) in [6.45, 7) is 10.0. The van der Waals surface area contributed by atoms with Gasteiger partial charge in [0.15, 0.2) is 0 Å². The largest absolute Gasteiger partial charge is 0.338 e. The van der Waals surface area contributed by atoms with Gasteiger partial charge in [-0.25, -0.2) is 14.6 Å². The molecule has 1 fully saturated rings. The molecule has 2 aromatic heterocycles. The molecular formula is C18H26N6O. The molecule has 1 atom stereocenters. The van der Waals surface area contributed by atoms with Gasteiger partial charge in [-0.1, -0.05) is 13.8 Å². The van der Waals surface area contributed by atoms with E-state index in [1.165, 1.54) is 0 Å². The van der Waals surface area contributed by atoms with Crippen molar-refractivity contribution in [2.75, 3.05) is 19.6 Å². The highest BCUT2D eigenvalue weighted by atomic mass is 16.2. The average molecular weight is 342 g/mol. The molecule has 0 saturated carbocycles. The number of likely N-dealkylation sites (tertiary alicyclic amines) is 1. The van der Waals surface area contributed by atoms with Gasteiger partial charge >= 0.3 is 0 Å². The van der Waals surface area contributed by atoms with E-state index >= 15 is 0 Å². The molecule has 0 unspecified atom stereocenters. The van der Waals surface area contributed by atoms with E-state index in [1.807, 2.05) is 38.7 Å². The summed E-state index contributed by atoms with van der Waals surface area (Å²) < 4.78 is 1.62. The maximum absolute atomic E-state index is 13.0. The number of hydrogen-bond donors (Lipinski definition) is 1.